The predicted molar refractivity (Wildman–Crippen MR) is 109 cm³/mol. The summed E-state index contributed by atoms with van der Waals surface area (Å²) < 4.78 is 0. The Hall–Kier alpha value is -2.14. The molecule has 1 saturated heterocycles. The van der Waals surface area contributed by atoms with E-state index in [0.717, 1.165) is 47.6 Å². The second-order valence-electron chi connectivity index (χ2n) is 8.28. The van der Waals surface area contributed by atoms with E-state index in [2.05, 4.69) is 33.5 Å². The Kier molecular flexibility index (Phi) is 5.04. The minimum absolute atomic E-state index is 0.309. The summed E-state index contributed by atoms with van der Waals surface area (Å²) in [6, 6.07) is 4.36. The Labute approximate surface area is 161 Å². The van der Waals surface area contributed by atoms with Gasteiger partial charge in [0, 0.05) is 23.7 Å². The normalized spacial score (nSPS) is 20.3. The highest BCUT2D eigenvalue weighted by atomic mass is 16.3. The van der Waals surface area contributed by atoms with Crippen molar-refractivity contribution >= 4 is 5.82 Å². The molecule has 0 spiro atoms. The topological polar surface area (TPSA) is 61.3 Å². The van der Waals surface area contributed by atoms with Crippen molar-refractivity contribution in [1.82, 2.24) is 15.1 Å². The van der Waals surface area contributed by atoms with E-state index in [4.69, 9.17) is 0 Å². The number of aryl methyl sites for hydroxylation is 2. The van der Waals surface area contributed by atoms with Crippen molar-refractivity contribution < 1.29 is 5.11 Å². The van der Waals surface area contributed by atoms with Gasteiger partial charge in [-0.15, -0.1) is 10.2 Å². The number of likely N-dealkylation sites (tertiary alicyclic amines) is 1. The molecule has 5 nitrogen and oxygen atoms in total. The van der Waals surface area contributed by atoms with Crippen molar-refractivity contribution in [2.45, 2.75) is 58.4 Å². The number of phenolic OH excluding ortho intramolecular Hbond substituents is 1. The molecule has 1 aromatic carbocycles. The molecule has 0 bridgehead atoms. The molecule has 1 atom stereocenters. The van der Waals surface area contributed by atoms with E-state index in [1.807, 2.05) is 19.9 Å². The van der Waals surface area contributed by atoms with Crippen LogP contribution in [0.3, 0.4) is 0 Å². The number of aromatic hydroxyl groups is 1. The number of benzene rings is 1. The summed E-state index contributed by atoms with van der Waals surface area (Å²) in [5.74, 6) is 1.27. The number of anilines is 1. The number of likely N-dealkylation sites (N-methyl/N-ethyl adjacent to an activating group) is 1. The van der Waals surface area contributed by atoms with Crippen molar-refractivity contribution in [2.75, 3.05) is 25.5 Å². The highest BCUT2D eigenvalue weighted by Crippen LogP contribution is 2.39. The zero-order valence-corrected chi connectivity index (χ0v) is 16.7. The van der Waals surface area contributed by atoms with E-state index in [9.17, 15) is 5.11 Å². The maximum atomic E-state index is 10.6. The molecule has 0 radical (unpaired) electrons. The Morgan fingerprint density at radius 1 is 1.07 bits per heavy atom. The lowest BCUT2D eigenvalue weighted by atomic mass is 9.87. The van der Waals surface area contributed by atoms with Crippen molar-refractivity contribution in [3.8, 4) is 17.0 Å². The van der Waals surface area contributed by atoms with Crippen molar-refractivity contribution in [3.63, 3.8) is 0 Å². The standard InChI is InChI=1S/C22H30N4O/c1-14-11-15(2)20(19(27)12-14)21-17-8-4-5-9-18(17)22(25-24-21)23-16-7-6-10-26(3)13-16/h11-12,16,27H,4-10,13H2,1-3H3,(H,23,25)/t16-/m1/s1. The smallest absolute Gasteiger partial charge is 0.152 e. The largest absolute Gasteiger partial charge is 0.507 e. The van der Waals surface area contributed by atoms with Gasteiger partial charge in [0.25, 0.3) is 0 Å². The van der Waals surface area contributed by atoms with E-state index in [1.165, 1.54) is 43.4 Å². The quantitative estimate of drug-likeness (QED) is 0.864. The van der Waals surface area contributed by atoms with Gasteiger partial charge in [-0.2, -0.15) is 0 Å². The van der Waals surface area contributed by atoms with Crippen LogP contribution in [-0.4, -0.2) is 46.4 Å². The van der Waals surface area contributed by atoms with Crippen LogP contribution in [-0.2, 0) is 12.8 Å². The molecule has 0 saturated carbocycles. The lowest BCUT2D eigenvalue weighted by Gasteiger charge is -2.31. The van der Waals surface area contributed by atoms with Gasteiger partial charge in [-0.05, 0) is 88.7 Å². The highest BCUT2D eigenvalue weighted by molar-refractivity contribution is 5.76. The van der Waals surface area contributed by atoms with Crippen molar-refractivity contribution in [2.24, 2.45) is 0 Å². The maximum absolute atomic E-state index is 10.6. The Balaban J connectivity index is 1.73. The summed E-state index contributed by atoms with van der Waals surface area (Å²) in [7, 11) is 2.18. The molecule has 0 amide bonds. The number of nitrogens with one attached hydrogen (secondary N) is 1. The third-order valence-corrected chi connectivity index (χ3v) is 5.95. The van der Waals surface area contributed by atoms with Crippen LogP contribution in [0, 0.1) is 13.8 Å². The zero-order valence-electron chi connectivity index (χ0n) is 16.7. The number of nitrogens with zero attached hydrogens (tertiary/aromatic N) is 3. The predicted octanol–water partition coefficient (Wildman–Crippen LogP) is 3.85. The number of hydrogen-bond acceptors (Lipinski definition) is 5. The Morgan fingerprint density at radius 2 is 1.85 bits per heavy atom. The molecule has 144 valence electrons. The van der Waals surface area contributed by atoms with Gasteiger partial charge in [-0.25, -0.2) is 0 Å². The van der Waals surface area contributed by atoms with Gasteiger partial charge in [0.15, 0.2) is 5.82 Å². The number of fused-ring (bicyclic) bond motifs is 1. The molecule has 2 aliphatic rings. The average molecular weight is 367 g/mol. The summed E-state index contributed by atoms with van der Waals surface area (Å²) in [5, 5.41) is 23.5. The molecule has 5 heteroatoms. The fourth-order valence-electron chi connectivity index (χ4n) is 4.70. The van der Waals surface area contributed by atoms with E-state index in [-0.39, 0.29) is 0 Å². The molecule has 1 aliphatic heterocycles. The van der Waals surface area contributed by atoms with Crippen LogP contribution >= 0.6 is 0 Å². The number of aromatic nitrogens is 2. The van der Waals surface area contributed by atoms with Crippen LogP contribution in [0.15, 0.2) is 12.1 Å². The van der Waals surface area contributed by atoms with Gasteiger partial charge in [-0.3, -0.25) is 0 Å². The minimum atomic E-state index is 0.309. The molecule has 1 fully saturated rings. The Bertz CT molecular complexity index is 825. The molecule has 4 rings (SSSR count). The van der Waals surface area contributed by atoms with Crippen LogP contribution in [0.1, 0.15) is 47.9 Å². The van der Waals surface area contributed by atoms with Crippen LogP contribution in [0.5, 0.6) is 5.75 Å². The Morgan fingerprint density at radius 3 is 2.59 bits per heavy atom. The summed E-state index contributed by atoms with van der Waals surface area (Å²) in [6.45, 7) is 6.28. The summed E-state index contributed by atoms with van der Waals surface area (Å²) in [5.41, 5.74) is 6.41. The molecular weight excluding hydrogens is 336 g/mol. The second-order valence-corrected chi connectivity index (χ2v) is 8.28. The number of piperidine rings is 1. The minimum Gasteiger partial charge on any atom is -0.507 e. The van der Waals surface area contributed by atoms with Gasteiger partial charge in [0.1, 0.15) is 11.4 Å². The molecular formula is C22H30N4O. The van der Waals surface area contributed by atoms with Crippen molar-refractivity contribution in [1.29, 1.82) is 0 Å². The lowest BCUT2D eigenvalue weighted by Crippen LogP contribution is -2.40. The highest BCUT2D eigenvalue weighted by Gasteiger charge is 2.25. The van der Waals surface area contributed by atoms with Gasteiger partial charge in [0.05, 0.1) is 0 Å². The maximum Gasteiger partial charge on any atom is 0.152 e. The molecule has 0 unspecified atom stereocenters. The first kappa shape index (κ1) is 18.2. The van der Waals surface area contributed by atoms with E-state index in [1.54, 1.807) is 0 Å². The molecule has 27 heavy (non-hydrogen) atoms. The SMILES string of the molecule is Cc1cc(C)c(-c2nnc(N[C@@H]3CCCN(C)C3)c3c2CCCC3)c(O)c1. The lowest BCUT2D eigenvalue weighted by molar-refractivity contribution is 0.260. The molecule has 1 aliphatic carbocycles. The van der Waals surface area contributed by atoms with Crippen LogP contribution in [0.4, 0.5) is 5.82 Å². The molecule has 2 heterocycles. The first-order chi connectivity index (χ1) is 13.0. The van der Waals surface area contributed by atoms with Crippen LogP contribution in [0.2, 0.25) is 0 Å². The number of hydrogen-bond donors (Lipinski definition) is 2. The number of rotatable bonds is 3. The fourth-order valence-corrected chi connectivity index (χ4v) is 4.70. The van der Waals surface area contributed by atoms with Crippen LogP contribution < -0.4 is 5.32 Å². The average Bonchev–Trinajstić information content (AvgIpc) is 2.62. The summed E-state index contributed by atoms with van der Waals surface area (Å²) >= 11 is 0. The van der Waals surface area contributed by atoms with Gasteiger partial charge < -0.3 is 15.3 Å². The van der Waals surface area contributed by atoms with Crippen LogP contribution in [0.25, 0.3) is 11.3 Å². The zero-order chi connectivity index (χ0) is 19.0. The van der Waals surface area contributed by atoms with E-state index in [0.29, 0.717) is 11.8 Å². The van der Waals surface area contributed by atoms with E-state index >= 15 is 0 Å². The third-order valence-electron chi connectivity index (χ3n) is 5.95. The monoisotopic (exact) mass is 366 g/mol. The molecule has 1 aromatic heterocycles. The first-order valence-electron chi connectivity index (χ1n) is 10.2. The third kappa shape index (κ3) is 3.65. The summed E-state index contributed by atoms with van der Waals surface area (Å²) in [6.07, 6.45) is 6.80. The molecule has 2 N–H and O–H groups in total. The van der Waals surface area contributed by atoms with Gasteiger partial charge in [-0.1, -0.05) is 6.07 Å². The second kappa shape index (κ2) is 7.47. The van der Waals surface area contributed by atoms with E-state index < -0.39 is 0 Å². The fraction of sp³-hybridized carbons (Fsp3) is 0.545. The first-order valence-corrected chi connectivity index (χ1v) is 10.2. The van der Waals surface area contributed by atoms with Crippen molar-refractivity contribution in [3.05, 3.63) is 34.4 Å². The molecule has 2 aromatic rings. The summed E-state index contributed by atoms with van der Waals surface area (Å²) in [4.78, 5) is 2.38. The van der Waals surface area contributed by atoms with Gasteiger partial charge >= 0.3 is 0 Å². The number of phenols is 1. The van der Waals surface area contributed by atoms with Gasteiger partial charge in [0.2, 0.25) is 0 Å².